The van der Waals surface area contributed by atoms with Crippen molar-refractivity contribution < 1.29 is 18.0 Å². The zero-order chi connectivity index (χ0) is 14.2. The van der Waals surface area contributed by atoms with Gasteiger partial charge in [-0.2, -0.15) is 13.2 Å². The van der Waals surface area contributed by atoms with E-state index in [1.54, 1.807) is 6.07 Å². The van der Waals surface area contributed by atoms with Crippen molar-refractivity contribution in [3.8, 4) is 0 Å². The number of para-hydroxylation sites is 1. The summed E-state index contributed by atoms with van der Waals surface area (Å²) in [5.74, 6) is -0.732. The van der Waals surface area contributed by atoms with Gasteiger partial charge in [-0.25, -0.2) is 0 Å². The second-order valence-electron chi connectivity index (χ2n) is 4.40. The van der Waals surface area contributed by atoms with E-state index < -0.39 is 18.6 Å². The van der Waals surface area contributed by atoms with Crippen LogP contribution in [0.25, 0.3) is 10.9 Å². The molecule has 6 heteroatoms. The van der Waals surface area contributed by atoms with Gasteiger partial charge in [-0.1, -0.05) is 12.1 Å². The maximum Gasteiger partial charge on any atom is 0.405 e. The van der Waals surface area contributed by atoms with Crippen LogP contribution in [0.15, 0.2) is 18.2 Å². The summed E-state index contributed by atoms with van der Waals surface area (Å²) in [6.45, 7) is 2.42. The lowest BCUT2D eigenvalue weighted by molar-refractivity contribution is -0.123. The number of halogens is 3. The third-order valence-electron chi connectivity index (χ3n) is 3.04. The third kappa shape index (κ3) is 2.72. The maximum absolute atomic E-state index is 12.1. The molecule has 0 unspecified atom stereocenters. The first kappa shape index (κ1) is 13.5. The number of fused-ring (bicyclic) bond motifs is 1. The Bertz CT molecular complexity index is 629. The summed E-state index contributed by atoms with van der Waals surface area (Å²) in [5.41, 5.74) is 2.67. The first-order chi connectivity index (χ1) is 8.79. The normalized spacial score (nSPS) is 11.8. The van der Waals surface area contributed by atoms with Gasteiger partial charge in [0.2, 0.25) is 0 Å². The highest BCUT2D eigenvalue weighted by Gasteiger charge is 2.28. The Balaban J connectivity index is 2.35. The first-order valence-electron chi connectivity index (χ1n) is 5.72. The second-order valence-corrected chi connectivity index (χ2v) is 4.40. The lowest BCUT2D eigenvalue weighted by atomic mass is 10.1. The van der Waals surface area contributed by atoms with Crippen LogP contribution in [0.1, 0.15) is 21.6 Å². The second kappa shape index (κ2) is 4.60. The number of rotatable bonds is 2. The molecule has 1 aromatic carbocycles. The Hall–Kier alpha value is -1.98. The monoisotopic (exact) mass is 270 g/mol. The van der Waals surface area contributed by atoms with Crippen molar-refractivity contribution in [3.63, 3.8) is 0 Å². The van der Waals surface area contributed by atoms with Crippen LogP contribution in [-0.2, 0) is 0 Å². The van der Waals surface area contributed by atoms with Gasteiger partial charge in [0, 0.05) is 11.1 Å². The fraction of sp³-hybridized carbons (Fsp3) is 0.308. The molecule has 3 nitrogen and oxygen atoms in total. The van der Waals surface area contributed by atoms with Crippen LogP contribution in [0, 0.1) is 13.8 Å². The predicted octanol–water partition coefficient (Wildman–Crippen LogP) is 3.08. The topological polar surface area (TPSA) is 44.9 Å². The molecule has 0 saturated heterocycles. The summed E-state index contributed by atoms with van der Waals surface area (Å²) < 4.78 is 36.3. The van der Waals surface area contributed by atoms with Crippen LogP contribution in [-0.4, -0.2) is 23.6 Å². The number of benzene rings is 1. The molecule has 1 heterocycles. The van der Waals surface area contributed by atoms with Crippen LogP contribution in [0.5, 0.6) is 0 Å². The van der Waals surface area contributed by atoms with Gasteiger partial charge in [0.1, 0.15) is 6.54 Å². The number of carbonyl (C=O) groups is 1. The molecule has 1 amide bonds. The van der Waals surface area contributed by atoms with E-state index in [-0.39, 0.29) is 5.56 Å². The van der Waals surface area contributed by atoms with Crippen molar-refractivity contribution >= 4 is 16.8 Å². The largest absolute Gasteiger partial charge is 0.405 e. The van der Waals surface area contributed by atoms with Gasteiger partial charge in [-0.05, 0) is 25.5 Å². The van der Waals surface area contributed by atoms with Crippen molar-refractivity contribution in [2.75, 3.05) is 6.54 Å². The minimum absolute atomic E-state index is 0.220. The highest BCUT2D eigenvalue weighted by molar-refractivity contribution is 6.06. The highest BCUT2D eigenvalue weighted by atomic mass is 19.4. The van der Waals surface area contributed by atoms with Gasteiger partial charge in [-0.3, -0.25) is 4.79 Å². The van der Waals surface area contributed by atoms with Gasteiger partial charge in [-0.15, -0.1) is 0 Å². The molecule has 0 fully saturated rings. The van der Waals surface area contributed by atoms with Crippen molar-refractivity contribution in [2.24, 2.45) is 0 Å². The Morgan fingerprint density at radius 3 is 2.63 bits per heavy atom. The van der Waals surface area contributed by atoms with Crippen molar-refractivity contribution in [3.05, 3.63) is 35.0 Å². The van der Waals surface area contributed by atoms with E-state index in [4.69, 9.17) is 0 Å². The number of H-pyrrole nitrogens is 1. The van der Waals surface area contributed by atoms with Crippen LogP contribution >= 0.6 is 0 Å². The zero-order valence-corrected chi connectivity index (χ0v) is 10.5. The fourth-order valence-corrected chi connectivity index (χ4v) is 1.95. The van der Waals surface area contributed by atoms with E-state index in [9.17, 15) is 18.0 Å². The summed E-state index contributed by atoms with van der Waals surface area (Å²) in [4.78, 5) is 14.8. The highest BCUT2D eigenvalue weighted by Crippen LogP contribution is 2.24. The van der Waals surface area contributed by atoms with E-state index in [1.807, 2.05) is 25.2 Å². The van der Waals surface area contributed by atoms with E-state index in [2.05, 4.69) is 4.98 Å². The molecule has 0 aliphatic carbocycles. The molecular formula is C13H13F3N2O. The smallest absolute Gasteiger partial charge is 0.358 e. The van der Waals surface area contributed by atoms with Gasteiger partial charge >= 0.3 is 6.18 Å². The van der Waals surface area contributed by atoms with Crippen molar-refractivity contribution in [1.82, 2.24) is 10.3 Å². The molecule has 2 N–H and O–H groups in total. The Kier molecular flexibility index (Phi) is 3.26. The van der Waals surface area contributed by atoms with Crippen LogP contribution < -0.4 is 5.32 Å². The van der Waals surface area contributed by atoms with Crippen LogP contribution in [0.4, 0.5) is 13.2 Å². The molecule has 0 spiro atoms. The molecule has 102 valence electrons. The SMILES string of the molecule is Cc1[nH]c2c(C(=O)NCC(F)(F)F)cccc2c1C. The number of hydrogen-bond acceptors (Lipinski definition) is 1. The average Bonchev–Trinajstić information content (AvgIpc) is 2.62. The number of aromatic nitrogens is 1. The zero-order valence-electron chi connectivity index (χ0n) is 10.5. The number of nitrogens with one attached hydrogen (secondary N) is 2. The van der Waals surface area contributed by atoms with Gasteiger partial charge in [0.05, 0.1) is 11.1 Å². The average molecular weight is 270 g/mol. The molecule has 0 aliphatic heterocycles. The number of carbonyl (C=O) groups excluding carboxylic acids is 1. The summed E-state index contributed by atoms with van der Waals surface area (Å²) in [6, 6.07) is 4.99. The summed E-state index contributed by atoms with van der Waals surface area (Å²) in [7, 11) is 0. The maximum atomic E-state index is 12.1. The Morgan fingerprint density at radius 1 is 1.32 bits per heavy atom. The molecule has 0 atom stereocenters. The van der Waals surface area contributed by atoms with Gasteiger partial charge < -0.3 is 10.3 Å². The molecule has 0 bridgehead atoms. The van der Waals surface area contributed by atoms with Crippen molar-refractivity contribution in [1.29, 1.82) is 0 Å². The number of alkyl halides is 3. The minimum Gasteiger partial charge on any atom is -0.358 e. The first-order valence-corrected chi connectivity index (χ1v) is 5.72. The quantitative estimate of drug-likeness (QED) is 0.865. The number of hydrogen-bond donors (Lipinski definition) is 2. The molecular weight excluding hydrogens is 257 g/mol. The fourth-order valence-electron chi connectivity index (χ4n) is 1.95. The number of amides is 1. The van der Waals surface area contributed by atoms with Crippen molar-refractivity contribution in [2.45, 2.75) is 20.0 Å². The van der Waals surface area contributed by atoms with Gasteiger partial charge in [0.25, 0.3) is 5.91 Å². The van der Waals surface area contributed by atoms with Gasteiger partial charge in [0.15, 0.2) is 0 Å². The number of aryl methyl sites for hydroxylation is 2. The van der Waals surface area contributed by atoms with E-state index >= 15 is 0 Å². The lowest BCUT2D eigenvalue weighted by Gasteiger charge is -2.08. The molecule has 0 radical (unpaired) electrons. The minimum atomic E-state index is -4.41. The molecule has 0 saturated carbocycles. The molecule has 0 aliphatic rings. The Labute approximate surface area is 107 Å². The van der Waals surface area contributed by atoms with Crippen LogP contribution in [0.3, 0.4) is 0 Å². The summed E-state index contributed by atoms with van der Waals surface area (Å²) >= 11 is 0. The van der Waals surface area contributed by atoms with E-state index in [0.717, 1.165) is 16.6 Å². The number of aromatic amines is 1. The molecule has 2 rings (SSSR count). The lowest BCUT2D eigenvalue weighted by Crippen LogP contribution is -2.33. The summed E-state index contributed by atoms with van der Waals surface area (Å²) in [5, 5.41) is 2.72. The molecule has 1 aromatic heterocycles. The third-order valence-corrected chi connectivity index (χ3v) is 3.04. The standard InChI is InChI=1S/C13H13F3N2O/c1-7-8(2)18-11-9(7)4-3-5-10(11)12(19)17-6-13(14,15)16/h3-5,18H,6H2,1-2H3,(H,17,19). The van der Waals surface area contributed by atoms with E-state index in [0.29, 0.717) is 5.52 Å². The summed E-state index contributed by atoms with van der Waals surface area (Å²) in [6.07, 6.45) is -4.41. The molecule has 19 heavy (non-hydrogen) atoms. The van der Waals surface area contributed by atoms with E-state index in [1.165, 1.54) is 6.07 Å². The molecule has 2 aromatic rings. The Morgan fingerprint density at radius 2 is 2.00 bits per heavy atom. The van der Waals surface area contributed by atoms with Crippen LogP contribution in [0.2, 0.25) is 0 Å². The predicted molar refractivity (Wildman–Crippen MR) is 66.2 cm³/mol.